The number of pyridine rings is 1. The zero-order valence-electron chi connectivity index (χ0n) is 13.2. The van der Waals surface area contributed by atoms with Gasteiger partial charge in [0.15, 0.2) is 0 Å². The van der Waals surface area contributed by atoms with Crippen molar-refractivity contribution in [2.75, 3.05) is 0 Å². The zero-order valence-corrected chi connectivity index (χ0v) is 13.2. The van der Waals surface area contributed by atoms with E-state index in [-0.39, 0.29) is 22.7 Å². The number of aromatic carboxylic acids is 1. The van der Waals surface area contributed by atoms with Crippen molar-refractivity contribution < 1.29 is 18.7 Å². The molecule has 5 heteroatoms. The molecule has 24 heavy (non-hydrogen) atoms. The van der Waals surface area contributed by atoms with Crippen LogP contribution < -0.4 is 0 Å². The van der Waals surface area contributed by atoms with Gasteiger partial charge in [0, 0.05) is 17.0 Å². The van der Waals surface area contributed by atoms with Crippen LogP contribution in [0.2, 0.25) is 0 Å². The highest BCUT2D eigenvalue weighted by atomic mass is 19.1. The molecule has 2 aromatic carbocycles. The number of halogens is 2. The van der Waals surface area contributed by atoms with Crippen LogP contribution in [0, 0.1) is 11.6 Å². The molecule has 1 N–H and O–H groups in total. The van der Waals surface area contributed by atoms with Gasteiger partial charge in [0.05, 0.1) is 16.8 Å². The highest BCUT2D eigenvalue weighted by Gasteiger charge is 2.18. The lowest BCUT2D eigenvalue weighted by Crippen LogP contribution is -2.03. The highest BCUT2D eigenvalue weighted by Crippen LogP contribution is 2.31. The normalized spacial score (nSPS) is 11.2. The van der Waals surface area contributed by atoms with Crippen molar-refractivity contribution in [1.29, 1.82) is 0 Å². The van der Waals surface area contributed by atoms with E-state index in [1.165, 1.54) is 12.1 Å². The van der Waals surface area contributed by atoms with E-state index in [9.17, 15) is 18.7 Å². The number of hydrogen-bond acceptors (Lipinski definition) is 2. The molecule has 1 aromatic heterocycles. The van der Waals surface area contributed by atoms with Crippen molar-refractivity contribution in [3.63, 3.8) is 0 Å². The average molecular weight is 327 g/mol. The Labute approximate surface area is 137 Å². The number of hydrogen-bond donors (Lipinski definition) is 1. The molecule has 122 valence electrons. The number of carboxylic acid groups (broad SMARTS) is 1. The van der Waals surface area contributed by atoms with E-state index in [0.717, 1.165) is 17.7 Å². The third-order valence-electron chi connectivity index (χ3n) is 3.93. The summed E-state index contributed by atoms with van der Waals surface area (Å²) in [4.78, 5) is 16.1. The summed E-state index contributed by atoms with van der Waals surface area (Å²) in [5.74, 6) is -2.47. The van der Waals surface area contributed by atoms with E-state index in [1.54, 1.807) is 12.1 Å². The minimum Gasteiger partial charge on any atom is -0.478 e. The van der Waals surface area contributed by atoms with Crippen molar-refractivity contribution in [2.24, 2.45) is 0 Å². The highest BCUT2D eigenvalue weighted by molar-refractivity contribution is 6.04. The number of carboxylic acids is 1. The minimum atomic E-state index is -1.12. The molecule has 3 rings (SSSR count). The lowest BCUT2D eigenvalue weighted by Gasteiger charge is -2.13. The van der Waals surface area contributed by atoms with Crippen LogP contribution in [0.4, 0.5) is 8.78 Å². The Morgan fingerprint density at radius 3 is 2.50 bits per heavy atom. The smallest absolute Gasteiger partial charge is 0.336 e. The largest absolute Gasteiger partial charge is 0.478 e. The van der Waals surface area contributed by atoms with Crippen LogP contribution in [0.15, 0.2) is 42.5 Å². The Hall–Kier alpha value is -2.82. The van der Waals surface area contributed by atoms with Crippen molar-refractivity contribution >= 4 is 16.9 Å². The van der Waals surface area contributed by atoms with Gasteiger partial charge in [0.1, 0.15) is 11.6 Å². The summed E-state index contributed by atoms with van der Waals surface area (Å²) in [5, 5.41) is 10.0. The molecule has 0 fully saturated rings. The van der Waals surface area contributed by atoms with Gasteiger partial charge in [0.25, 0.3) is 0 Å². The van der Waals surface area contributed by atoms with Crippen LogP contribution >= 0.6 is 0 Å². The lowest BCUT2D eigenvalue weighted by atomic mass is 9.96. The molecule has 3 aromatic rings. The molecule has 0 radical (unpaired) electrons. The van der Waals surface area contributed by atoms with Crippen LogP contribution in [0.25, 0.3) is 22.2 Å². The molecule has 0 aliphatic rings. The van der Waals surface area contributed by atoms with E-state index in [1.807, 2.05) is 19.9 Å². The van der Waals surface area contributed by atoms with E-state index in [4.69, 9.17) is 0 Å². The van der Waals surface area contributed by atoms with Crippen LogP contribution in [0.1, 0.15) is 35.7 Å². The Morgan fingerprint density at radius 2 is 1.88 bits per heavy atom. The molecular weight excluding hydrogens is 312 g/mol. The molecule has 0 atom stereocenters. The van der Waals surface area contributed by atoms with Crippen molar-refractivity contribution in [2.45, 2.75) is 19.8 Å². The minimum absolute atomic E-state index is 0.0428. The Balaban J connectivity index is 2.37. The van der Waals surface area contributed by atoms with Crippen LogP contribution in [-0.4, -0.2) is 16.1 Å². The molecule has 0 amide bonds. The van der Waals surface area contributed by atoms with Gasteiger partial charge in [-0.1, -0.05) is 32.0 Å². The summed E-state index contributed by atoms with van der Waals surface area (Å²) in [7, 11) is 0. The van der Waals surface area contributed by atoms with Gasteiger partial charge >= 0.3 is 5.97 Å². The summed E-state index contributed by atoms with van der Waals surface area (Å²) in [6.07, 6.45) is 0. The van der Waals surface area contributed by atoms with Crippen molar-refractivity contribution in [1.82, 2.24) is 4.98 Å². The zero-order chi connectivity index (χ0) is 17.4. The molecule has 0 aliphatic heterocycles. The first-order valence-corrected chi connectivity index (χ1v) is 7.51. The predicted octanol–water partition coefficient (Wildman–Crippen LogP) is 5.00. The van der Waals surface area contributed by atoms with Gasteiger partial charge in [-0.25, -0.2) is 18.6 Å². The van der Waals surface area contributed by atoms with Gasteiger partial charge in [0.2, 0.25) is 0 Å². The maximum Gasteiger partial charge on any atom is 0.336 e. The first-order chi connectivity index (χ1) is 11.4. The molecule has 0 bridgehead atoms. The third-order valence-corrected chi connectivity index (χ3v) is 3.93. The fraction of sp³-hybridized carbons (Fsp3) is 0.158. The number of benzene rings is 2. The summed E-state index contributed by atoms with van der Waals surface area (Å²) < 4.78 is 27.2. The average Bonchev–Trinajstić information content (AvgIpc) is 2.52. The SMILES string of the molecule is CC(C)c1cccc2c(C(=O)O)cc(-c3ccc(F)cc3F)nc12. The van der Waals surface area contributed by atoms with Crippen molar-refractivity contribution in [3.8, 4) is 11.3 Å². The van der Waals surface area contributed by atoms with Gasteiger partial charge in [-0.05, 0) is 29.7 Å². The van der Waals surface area contributed by atoms with Gasteiger partial charge in [-0.2, -0.15) is 0 Å². The summed E-state index contributed by atoms with van der Waals surface area (Å²) in [5.41, 5.74) is 1.68. The number of carbonyl (C=O) groups is 1. The number of para-hydroxylation sites is 1. The summed E-state index contributed by atoms with van der Waals surface area (Å²) in [6, 6.07) is 9.81. The molecule has 3 nitrogen and oxygen atoms in total. The number of rotatable bonds is 3. The maximum absolute atomic E-state index is 14.1. The van der Waals surface area contributed by atoms with Crippen LogP contribution in [-0.2, 0) is 0 Å². The number of aromatic nitrogens is 1. The fourth-order valence-electron chi connectivity index (χ4n) is 2.75. The maximum atomic E-state index is 14.1. The molecule has 0 spiro atoms. The molecular formula is C19H15F2NO2. The Kier molecular flexibility index (Phi) is 4.01. The molecule has 0 aliphatic carbocycles. The third kappa shape index (κ3) is 2.73. The molecule has 0 saturated heterocycles. The standard InChI is InChI=1S/C19H15F2NO2/c1-10(2)12-4-3-5-13-15(19(23)24)9-17(22-18(12)13)14-7-6-11(20)8-16(14)21/h3-10H,1-2H3,(H,23,24). The molecule has 1 heterocycles. The Bertz CT molecular complexity index is 951. The first-order valence-electron chi connectivity index (χ1n) is 7.51. The van der Waals surface area contributed by atoms with Crippen LogP contribution in [0.3, 0.4) is 0 Å². The number of fused-ring (bicyclic) bond motifs is 1. The summed E-state index contributed by atoms with van der Waals surface area (Å²) >= 11 is 0. The second kappa shape index (κ2) is 6.00. The fourth-order valence-corrected chi connectivity index (χ4v) is 2.75. The second-order valence-corrected chi connectivity index (χ2v) is 5.88. The molecule has 0 unspecified atom stereocenters. The van der Waals surface area contributed by atoms with E-state index < -0.39 is 17.6 Å². The monoisotopic (exact) mass is 327 g/mol. The quantitative estimate of drug-likeness (QED) is 0.736. The topological polar surface area (TPSA) is 50.2 Å². The van der Waals surface area contributed by atoms with Crippen LogP contribution in [0.5, 0.6) is 0 Å². The van der Waals surface area contributed by atoms with Crippen molar-refractivity contribution in [3.05, 3.63) is 65.2 Å². The molecule has 0 saturated carbocycles. The van der Waals surface area contributed by atoms with Gasteiger partial charge < -0.3 is 5.11 Å². The second-order valence-electron chi connectivity index (χ2n) is 5.88. The lowest BCUT2D eigenvalue weighted by molar-refractivity contribution is 0.0699. The van der Waals surface area contributed by atoms with Gasteiger partial charge in [-0.15, -0.1) is 0 Å². The summed E-state index contributed by atoms with van der Waals surface area (Å²) in [6.45, 7) is 3.95. The Morgan fingerprint density at radius 1 is 1.12 bits per heavy atom. The van der Waals surface area contributed by atoms with Gasteiger partial charge in [-0.3, -0.25) is 0 Å². The first kappa shape index (κ1) is 16.1. The number of nitrogens with zero attached hydrogens (tertiary/aromatic N) is 1. The van der Waals surface area contributed by atoms with E-state index in [2.05, 4.69) is 4.98 Å². The van der Waals surface area contributed by atoms with E-state index in [0.29, 0.717) is 10.9 Å². The predicted molar refractivity (Wildman–Crippen MR) is 88.1 cm³/mol. The van der Waals surface area contributed by atoms with E-state index >= 15 is 0 Å².